The lowest BCUT2D eigenvalue weighted by atomic mass is 10.1. The van der Waals surface area contributed by atoms with Crippen LogP contribution in [0, 0.1) is 6.92 Å². The molecule has 1 fully saturated rings. The van der Waals surface area contributed by atoms with Crippen LogP contribution in [-0.2, 0) is 4.74 Å². The number of rotatable bonds is 8. The fourth-order valence-electron chi connectivity index (χ4n) is 4.16. The summed E-state index contributed by atoms with van der Waals surface area (Å²) >= 11 is 0. The summed E-state index contributed by atoms with van der Waals surface area (Å²) in [5.41, 5.74) is 3.95. The minimum atomic E-state index is -0.145. The van der Waals surface area contributed by atoms with Crippen LogP contribution in [0.2, 0.25) is 0 Å². The zero-order valence-corrected chi connectivity index (χ0v) is 20.5. The van der Waals surface area contributed by atoms with Gasteiger partial charge in [0.25, 0.3) is 5.91 Å². The van der Waals surface area contributed by atoms with E-state index in [0.29, 0.717) is 29.5 Å². The minimum Gasteiger partial charge on any atom is -0.379 e. The second-order valence-corrected chi connectivity index (χ2v) is 8.64. The van der Waals surface area contributed by atoms with E-state index in [9.17, 15) is 4.79 Å². The molecule has 0 saturated carbocycles. The monoisotopic (exact) mass is 486 g/mol. The number of morpholine rings is 1. The van der Waals surface area contributed by atoms with Gasteiger partial charge in [0.05, 0.1) is 30.5 Å². The molecule has 0 bridgehead atoms. The number of hydrogen-bond acceptors (Lipinski definition) is 8. The largest absolute Gasteiger partial charge is 0.379 e. The van der Waals surface area contributed by atoms with E-state index >= 15 is 0 Å². The van der Waals surface area contributed by atoms with Crippen LogP contribution in [0.15, 0.2) is 54.7 Å². The summed E-state index contributed by atoms with van der Waals surface area (Å²) in [6.07, 6.45) is 1.76. The van der Waals surface area contributed by atoms with E-state index in [-0.39, 0.29) is 5.91 Å². The van der Waals surface area contributed by atoms with Gasteiger partial charge in [-0.2, -0.15) is 15.1 Å². The van der Waals surface area contributed by atoms with Crippen molar-refractivity contribution >= 4 is 34.4 Å². The number of nitrogens with zero attached hydrogens (tertiary/aromatic N) is 5. The first kappa shape index (κ1) is 23.7. The van der Waals surface area contributed by atoms with Crippen molar-refractivity contribution in [2.75, 3.05) is 57.1 Å². The molecular formula is C26H30N8O2. The van der Waals surface area contributed by atoms with E-state index in [1.807, 2.05) is 54.1 Å². The molecule has 36 heavy (non-hydrogen) atoms. The first-order chi connectivity index (χ1) is 17.6. The lowest BCUT2D eigenvalue weighted by Gasteiger charge is -2.26. The SMILES string of the molecule is CNC(=O)c1ccc(C)c(Nc2nc(NCCN3CCOCC3)nc3c2cnn3-c2ccccc2)c1. The number of aryl methyl sites for hydroxylation is 1. The number of anilines is 3. The average molecular weight is 487 g/mol. The molecule has 0 spiro atoms. The van der Waals surface area contributed by atoms with E-state index in [1.165, 1.54) is 0 Å². The van der Waals surface area contributed by atoms with Crippen molar-refractivity contribution in [2.45, 2.75) is 6.92 Å². The summed E-state index contributed by atoms with van der Waals surface area (Å²) in [6.45, 7) is 6.95. The van der Waals surface area contributed by atoms with Crippen LogP contribution >= 0.6 is 0 Å². The Balaban J connectivity index is 1.49. The highest BCUT2D eigenvalue weighted by atomic mass is 16.5. The van der Waals surface area contributed by atoms with Gasteiger partial charge >= 0.3 is 0 Å². The number of carbonyl (C=O) groups is 1. The first-order valence-corrected chi connectivity index (χ1v) is 12.1. The van der Waals surface area contributed by atoms with E-state index in [1.54, 1.807) is 19.3 Å². The molecule has 0 radical (unpaired) electrons. The van der Waals surface area contributed by atoms with Gasteiger partial charge in [-0.15, -0.1) is 0 Å². The molecule has 0 unspecified atom stereocenters. The lowest BCUT2D eigenvalue weighted by molar-refractivity contribution is 0.0398. The van der Waals surface area contributed by atoms with Crippen LogP contribution < -0.4 is 16.0 Å². The quantitative estimate of drug-likeness (QED) is 0.349. The summed E-state index contributed by atoms with van der Waals surface area (Å²) in [5.74, 6) is 0.984. The Hall–Kier alpha value is -4.02. The standard InChI is InChI=1S/C26H30N8O2/c1-18-8-9-19(25(35)27-2)16-22(18)30-23-21-17-29-34(20-6-4-3-5-7-20)24(21)32-26(31-23)28-10-11-33-12-14-36-15-13-33/h3-9,16-17H,10-15H2,1-2H3,(H,27,35)(H2,28,30,31,32). The number of amides is 1. The summed E-state index contributed by atoms with van der Waals surface area (Å²) in [6, 6.07) is 15.4. The molecule has 4 aromatic rings. The Bertz CT molecular complexity index is 1350. The van der Waals surface area contributed by atoms with Gasteiger partial charge in [0, 0.05) is 44.5 Å². The van der Waals surface area contributed by atoms with Gasteiger partial charge in [0.1, 0.15) is 5.82 Å². The normalized spacial score (nSPS) is 14.1. The Labute approximate surface area is 209 Å². The van der Waals surface area contributed by atoms with Gasteiger partial charge in [-0.25, -0.2) is 4.68 Å². The molecule has 186 valence electrons. The zero-order valence-electron chi connectivity index (χ0n) is 20.5. The number of ether oxygens (including phenoxy) is 1. The summed E-state index contributed by atoms with van der Waals surface area (Å²) in [7, 11) is 1.62. The van der Waals surface area contributed by atoms with Crippen LogP contribution in [0.3, 0.4) is 0 Å². The maximum atomic E-state index is 12.2. The third-order valence-electron chi connectivity index (χ3n) is 6.22. The highest BCUT2D eigenvalue weighted by Gasteiger charge is 2.16. The molecule has 1 amide bonds. The fraction of sp³-hybridized carbons (Fsp3) is 0.308. The molecule has 3 N–H and O–H groups in total. The van der Waals surface area contributed by atoms with Crippen LogP contribution in [0.4, 0.5) is 17.5 Å². The van der Waals surface area contributed by atoms with Crippen molar-refractivity contribution in [1.82, 2.24) is 30.0 Å². The second kappa shape index (κ2) is 10.7. The van der Waals surface area contributed by atoms with Gasteiger partial charge in [-0.05, 0) is 36.8 Å². The van der Waals surface area contributed by atoms with E-state index in [4.69, 9.17) is 14.7 Å². The van der Waals surface area contributed by atoms with Crippen molar-refractivity contribution in [3.63, 3.8) is 0 Å². The van der Waals surface area contributed by atoms with Gasteiger partial charge in [0.2, 0.25) is 5.95 Å². The third kappa shape index (κ3) is 5.14. The number of para-hydroxylation sites is 1. The number of benzene rings is 2. The summed E-state index contributed by atoms with van der Waals surface area (Å²) in [5, 5.41) is 14.9. The van der Waals surface area contributed by atoms with Crippen LogP contribution in [0.1, 0.15) is 15.9 Å². The molecule has 1 aliphatic rings. The van der Waals surface area contributed by atoms with E-state index in [0.717, 1.165) is 55.2 Å². The number of hydrogen-bond donors (Lipinski definition) is 3. The summed E-state index contributed by atoms with van der Waals surface area (Å²) in [4.78, 5) is 24.2. The lowest BCUT2D eigenvalue weighted by Crippen LogP contribution is -2.39. The molecule has 0 aliphatic carbocycles. The van der Waals surface area contributed by atoms with Crippen LogP contribution in [0.5, 0.6) is 0 Å². The highest BCUT2D eigenvalue weighted by molar-refractivity contribution is 5.96. The van der Waals surface area contributed by atoms with E-state index < -0.39 is 0 Å². The number of fused-ring (bicyclic) bond motifs is 1. The zero-order chi connectivity index (χ0) is 24.9. The van der Waals surface area contributed by atoms with Crippen molar-refractivity contribution in [3.8, 4) is 5.69 Å². The molecule has 1 saturated heterocycles. The average Bonchev–Trinajstić information content (AvgIpc) is 3.35. The summed E-state index contributed by atoms with van der Waals surface area (Å²) < 4.78 is 7.25. The van der Waals surface area contributed by atoms with Gasteiger partial charge in [-0.1, -0.05) is 24.3 Å². The third-order valence-corrected chi connectivity index (χ3v) is 6.22. The molecule has 5 rings (SSSR count). The molecule has 0 atom stereocenters. The molecule has 3 heterocycles. The molecule has 2 aromatic heterocycles. The minimum absolute atomic E-state index is 0.145. The topological polar surface area (TPSA) is 109 Å². The van der Waals surface area contributed by atoms with Gasteiger partial charge in [0.15, 0.2) is 5.65 Å². The van der Waals surface area contributed by atoms with Gasteiger partial charge < -0.3 is 20.7 Å². The first-order valence-electron chi connectivity index (χ1n) is 12.1. The molecule has 10 nitrogen and oxygen atoms in total. The number of nitrogens with one attached hydrogen (secondary N) is 3. The second-order valence-electron chi connectivity index (χ2n) is 8.64. The highest BCUT2D eigenvalue weighted by Crippen LogP contribution is 2.28. The van der Waals surface area contributed by atoms with Crippen LogP contribution in [-0.4, -0.2) is 77.0 Å². The predicted molar refractivity (Wildman–Crippen MR) is 140 cm³/mol. The maximum absolute atomic E-state index is 12.2. The molecular weight excluding hydrogens is 456 g/mol. The Morgan fingerprint density at radius 2 is 1.89 bits per heavy atom. The molecule has 1 aliphatic heterocycles. The van der Waals surface area contributed by atoms with Gasteiger partial charge in [-0.3, -0.25) is 9.69 Å². The Morgan fingerprint density at radius 1 is 1.08 bits per heavy atom. The number of aromatic nitrogens is 4. The van der Waals surface area contributed by atoms with Crippen molar-refractivity contribution < 1.29 is 9.53 Å². The predicted octanol–water partition coefficient (Wildman–Crippen LogP) is 2.97. The van der Waals surface area contributed by atoms with Crippen molar-refractivity contribution in [1.29, 1.82) is 0 Å². The molecule has 10 heteroatoms. The van der Waals surface area contributed by atoms with E-state index in [2.05, 4.69) is 25.9 Å². The smallest absolute Gasteiger partial charge is 0.251 e. The number of carbonyl (C=O) groups excluding carboxylic acids is 1. The van der Waals surface area contributed by atoms with Crippen molar-refractivity contribution in [3.05, 3.63) is 65.9 Å². The van der Waals surface area contributed by atoms with Crippen molar-refractivity contribution in [2.24, 2.45) is 0 Å². The fourth-order valence-corrected chi connectivity index (χ4v) is 4.16. The van der Waals surface area contributed by atoms with Crippen LogP contribution in [0.25, 0.3) is 16.7 Å². The Kier molecular flexibility index (Phi) is 7.06. The Morgan fingerprint density at radius 3 is 2.67 bits per heavy atom. The maximum Gasteiger partial charge on any atom is 0.251 e. The molecule has 2 aromatic carbocycles.